The fourth-order valence-corrected chi connectivity index (χ4v) is 11.3. The summed E-state index contributed by atoms with van der Waals surface area (Å²) in [6.07, 6.45) is 3.71. The second-order valence-corrected chi connectivity index (χ2v) is 17.9. The van der Waals surface area contributed by atoms with Crippen LogP contribution in [-0.4, -0.2) is 109 Å². The van der Waals surface area contributed by atoms with Crippen molar-refractivity contribution in [2.24, 2.45) is 5.92 Å². The average molecular weight is 810 g/mol. The van der Waals surface area contributed by atoms with E-state index in [4.69, 9.17) is 14.2 Å². The van der Waals surface area contributed by atoms with Gasteiger partial charge in [0.15, 0.2) is 0 Å². The highest BCUT2D eigenvalue weighted by Crippen LogP contribution is 2.48. The first-order valence-electron chi connectivity index (χ1n) is 21.7. The van der Waals surface area contributed by atoms with Crippen LogP contribution in [0, 0.1) is 5.92 Å². The monoisotopic (exact) mass is 809 g/mol. The number of imide groups is 1. The predicted octanol–water partition coefficient (Wildman–Crippen LogP) is 5.42. The van der Waals surface area contributed by atoms with Gasteiger partial charge in [0, 0.05) is 86.0 Å². The van der Waals surface area contributed by atoms with Gasteiger partial charge in [-0.25, -0.2) is 0 Å². The van der Waals surface area contributed by atoms with Gasteiger partial charge >= 0.3 is 0 Å². The van der Waals surface area contributed by atoms with Crippen LogP contribution in [0.2, 0.25) is 0 Å². The van der Waals surface area contributed by atoms with E-state index in [1.165, 1.54) is 16.8 Å². The smallest absolute Gasteiger partial charge is 0.255 e. The molecule has 0 aromatic heterocycles. The number of hydrogen-bond acceptors (Lipinski definition) is 10. The highest BCUT2D eigenvalue weighted by atomic mass is 16.5. The van der Waals surface area contributed by atoms with E-state index in [0.29, 0.717) is 37.7 Å². The largest absolute Gasteiger partial charge is 0.508 e. The zero-order valence-corrected chi connectivity index (χ0v) is 33.8. The molecule has 0 bridgehead atoms. The van der Waals surface area contributed by atoms with E-state index < -0.39 is 11.9 Å². The van der Waals surface area contributed by atoms with Crippen LogP contribution in [0.4, 0.5) is 11.4 Å². The van der Waals surface area contributed by atoms with E-state index in [2.05, 4.69) is 74.6 Å². The first-order chi connectivity index (χ1) is 29.3. The molecule has 12 heteroatoms. The summed E-state index contributed by atoms with van der Waals surface area (Å²) >= 11 is 0. The Hall–Kier alpha value is -5.59. The Bertz CT molecular complexity index is 2330. The summed E-state index contributed by atoms with van der Waals surface area (Å²) in [4.78, 5) is 46.9. The van der Waals surface area contributed by atoms with Gasteiger partial charge in [-0.3, -0.25) is 24.6 Å². The Balaban J connectivity index is 0.700. The molecule has 7 heterocycles. The molecular weight excluding hydrogens is 759 g/mol. The van der Waals surface area contributed by atoms with Gasteiger partial charge in [-0.05, 0) is 73.1 Å². The van der Waals surface area contributed by atoms with Crippen LogP contribution < -0.4 is 24.6 Å². The Morgan fingerprint density at radius 2 is 1.65 bits per heavy atom. The number of rotatable bonds is 6. The molecule has 310 valence electrons. The second kappa shape index (κ2) is 14.8. The number of amides is 3. The molecule has 4 aromatic rings. The SMILES string of the molecule is O=C1CC[C@@H](N2Cc3c(ccc4c3OC[C@@H]3CN(C[C@H]5COC6(CCN(c7ccc([C@H]8c9ccc(O)cc9OC[C@H]8c8ccccc8)cc7)CC6)C5)CCN43)C2=O)C(=O)N1. The summed E-state index contributed by atoms with van der Waals surface area (Å²) in [6.45, 7) is 7.93. The lowest BCUT2D eigenvalue weighted by Gasteiger charge is -2.46. The predicted molar refractivity (Wildman–Crippen MR) is 225 cm³/mol. The third kappa shape index (κ3) is 6.55. The lowest BCUT2D eigenvalue weighted by Crippen LogP contribution is -2.58. The van der Waals surface area contributed by atoms with Crippen molar-refractivity contribution in [3.63, 3.8) is 0 Å². The highest BCUT2D eigenvalue weighted by molar-refractivity contribution is 6.06. The molecule has 4 aromatic carbocycles. The fourth-order valence-electron chi connectivity index (χ4n) is 11.3. The van der Waals surface area contributed by atoms with E-state index in [9.17, 15) is 19.5 Å². The summed E-state index contributed by atoms with van der Waals surface area (Å²) in [5.41, 5.74) is 7.26. The van der Waals surface area contributed by atoms with Gasteiger partial charge < -0.3 is 34.0 Å². The minimum absolute atomic E-state index is 0.0599. The van der Waals surface area contributed by atoms with Crippen LogP contribution >= 0.6 is 0 Å². The summed E-state index contributed by atoms with van der Waals surface area (Å²) < 4.78 is 19.3. The molecular formula is C48H51N5O7. The number of hydrogen-bond donors (Lipinski definition) is 2. The molecule has 4 fully saturated rings. The molecule has 0 unspecified atom stereocenters. The molecule has 0 saturated carbocycles. The Morgan fingerprint density at radius 1 is 0.817 bits per heavy atom. The number of aromatic hydroxyl groups is 1. The second-order valence-electron chi connectivity index (χ2n) is 17.9. The normalized spacial score (nSPS) is 27.1. The first-order valence-corrected chi connectivity index (χ1v) is 21.7. The third-order valence-corrected chi connectivity index (χ3v) is 14.4. The average Bonchev–Trinajstić information content (AvgIpc) is 3.82. The van der Waals surface area contributed by atoms with Crippen molar-refractivity contribution in [1.29, 1.82) is 0 Å². The lowest BCUT2D eigenvalue weighted by molar-refractivity contribution is -0.136. The van der Waals surface area contributed by atoms with Crippen LogP contribution in [0.3, 0.4) is 0 Å². The zero-order chi connectivity index (χ0) is 40.5. The van der Waals surface area contributed by atoms with Crippen molar-refractivity contribution in [3.05, 3.63) is 113 Å². The van der Waals surface area contributed by atoms with Crippen LogP contribution in [0.1, 0.15) is 76.6 Å². The molecule has 1 spiro atoms. The van der Waals surface area contributed by atoms with Crippen LogP contribution in [0.15, 0.2) is 84.9 Å². The molecule has 12 nitrogen and oxygen atoms in total. The van der Waals surface area contributed by atoms with Crippen molar-refractivity contribution >= 4 is 29.1 Å². The maximum Gasteiger partial charge on any atom is 0.255 e. The van der Waals surface area contributed by atoms with Gasteiger partial charge in [0.2, 0.25) is 11.8 Å². The number of carbonyl (C=O) groups is 3. The molecule has 5 atom stereocenters. The molecule has 7 aliphatic rings. The lowest BCUT2D eigenvalue weighted by atomic mass is 9.76. The number of piperidine rings is 2. The van der Waals surface area contributed by atoms with Crippen molar-refractivity contribution in [2.45, 2.75) is 68.2 Å². The molecule has 0 aliphatic carbocycles. The number of piperazine rings is 1. The summed E-state index contributed by atoms with van der Waals surface area (Å²) in [7, 11) is 0. The number of ether oxygens (including phenoxy) is 3. The first kappa shape index (κ1) is 37.4. The quantitative estimate of drug-likeness (QED) is 0.244. The minimum atomic E-state index is -0.642. The number of fused-ring (bicyclic) bond motifs is 6. The number of phenols is 1. The van der Waals surface area contributed by atoms with Crippen LogP contribution in [0.25, 0.3) is 0 Å². The van der Waals surface area contributed by atoms with Gasteiger partial charge in [-0.2, -0.15) is 0 Å². The van der Waals surface area contributed by atoms with Gasteiger partial charge in [0.05, 0.1) is 37.1 Å². The standard InChI is InChI=1S/C48H51N5O7/c54-35-10-11-37-42(22-35)58-29-39(31-4-2-1-3-5-31)44(37)32-6-8-33(9-7-32)51-18-16-48(17-19-51)23-30(27-60-48)24-50-20-21-52-34(25-50)28-59-45-38-26-53(41-14-15-43(55)49-46(41)56)47(57)36(38)12-13-40(45)52/h1-13,22,30,34,39,41,44,54H,14-21,23-29H2,(H,49,55,56)/t30-,34-,39-,41+,44-/m0/s1. The zero-order valence-electron chi connectivity index (χ0n) is 33.8. The van der Waals surface area contributed by atoms with E-state index in [0.717, 1.165) is 93.5 Å². The van der Waals surface area contributed by atoms with Gasteiger partial charge in [0.1, 0.15) is 29.9 Å². The number of phenolic OH excluding ortho intramolecular Hbond substituents is 1. The minimum Gasteiger partial charge on any atom is -0.508 e. The van der Waals surface area contributed by atoms with Crippen molar-refractivity contribution in [2.75, 3.05) is 68.9 Å². The van der Waals surface area contributed by atoms with Crippen molar-refractivity contribution < 1.29 is 33.7 Å². The van der Waals surface area contributed by atoms with E-state index in [1.807, 2.05) is 18.2 Å². The van der Waals surface area contributed by atoms with Gasteiger partial charge in [-0.15, -0.1) is 0 Å². The molecule has 4 saturated heterocycles. The van der Waals surface area contributed by atoms with Crippen molar-refractivity contribution in [1.82, 2.24) is 15.1 Å². The van der Waals surface area contributed by atoms with Gasteiger partial charge in [0.25, 0.3) is 5.91 Å². The summed E-state index contributed by atoms with van der Waals surface area (Å²) in [5.74, 6) is 1.67. The third-order valence-electron chi connectivity index (χ3n) is 14.4. The summed E-state index contributed by atoms with van der Waals surface area (Å²) in [6, 6.07) is 28.7. The molecule has 11 rings (SSSR count). The van der Waals surface area contributed by atoms with Crippen molar-refractivity contribution in [3.8, 4) is 17.2 Å². The molecule has 0 radical (unpaired) electrons. The number of anilines is 2. The molecule has 3 amide bonds. The molecule has 60 heavy (non-hydrogen) atoms. The van der Waals surface area contributed by atoms with E-state index in [1.54, 1.807) is 17.0 Å². The Kier molecular flexibility index (Phi) is 9.26. The Labute approximate surface area is 350 Å². The number of nitrogens with one attached hydrogen (secondary N) is 1. The molecule has 7 aliphatic heterocycles. The number of nitrogens with zero attached hydrogens (tertiary/aromatic N) is 4. The van der Waals surface area contributed by atoms with E-state index in [-0.39, 0.29) is 47.5 Å². The Morgan fingerprint density at radius 3 is 2.47 bits per heavy atom. The van der Waals surface area contributed by atoms with Crippen LogP contribution in [-0.2, 0) is 20.9 Å². The molecule has 2 N–H and O–H groups in total. The number of benzene rings is 4. The maximum atomic E-state index is 13.4. The topological polar surface area (TPSA) is 124 Å². The van der Waals surface area contributed by atoms with Gasteiger partial charge in [-0.1, -0.05) is 48.5 Å². The van der Waals surface area contributed by atoms with E-state index >= 15 is 0 Å². The number of carbonyl (C=O) groups excluding carboxylic acids is 3. The maximum absolute atomic E-state index is 13.4. The van der Waals surface area contributed by atoms with Crippen LogP contribution in [0.5, 0.6) is 17.2 Å². The fraction of sp³-hybridized carbons (Fsp3) is 0.438. The highest BCUT2D eigenvalue weighted by Gasteiger charge is 2.46. The summed E-state index contributed by atoms with van der Waals surface area (Å²) in [5, 5.41) is 12.6.